The second-order valence-corrected chi connectivity index (χ2v) is 5.50. The highest BCUT2D eigenvalue weighted by Crippen LogP contribution is 2.23. The highest BCUT2D eigenvalue weighted by Gasteiger charge is 2.10. The largest absolute Gasteiger partial charge is 0.497 e. The molecule has 5 heteroatoms. The zero-order valence-electron chi connectivity index (χ0n) is 13.2. The Morgan fingerprint density at radius 1 is 1.17 bits per heavy atom. The molecule has 1 atom stereocenters. The number of benzene rings is 2. The molecule has 23 heavy (non-hydrogen) atoms. The molecule has 1 unspecified atom stereocenters. The molecule has 2 aromatic carbocycles. The summed E-state index contributed by atoms with van der Waals surface area (Å²) in [5.41, 5.74) is 1.02. The van der Waals surface area contributed by atoms with Crippen LogP contribution >= 0.6 is 11.6 Å². The van der Waals surface area contributed by atoms with Gasteiger partial charge < -0.3 is 14.8 Å². The van der Waals surface area contributed by atoms with Gasteiger partial charge in [-0.25, -0.2) is 0 Å². The first kappa shape index (κ1) is 17.2. The fourth-order valence-corrected chi connectivity index (χ4v) is 2.30. The minimum Gasteiger partial charge on any atom is -0.497 e. The lowest BCUT2D eigenvalue weighted by Crippen LogP contribution is -2.27. The van der Waals surface area contributed by atoms with E-state index in [4.69, 9.17) is 21.1 Å². The normalized spacial score (nSPS) is 11.6. The maximum Gasteiger partial charge on any atom is 0.223 e. The predicted octanol–water partition coefficient (Wildman–Crippen LogP) is 3.99. The SMILES string of the molecule is COc1ccc(C(C)NC(=O)CCOc2ccccc2Cl)cc1. The molecule has 0 bridgehead atoms. The van der Waals surface area contributed by atoms with Crippen molar-refractivity contribution in [3.8, 4) is 11.5 Å². The van der Waals surface area contributed by atoms with Gasteiger partial charge in [-0.3, -0.25) is 4.79 Å². The molecule has 0 heterocycles. The summed E-state index contributed by atoms with van der Waals surface area (Å²) in [4.78, 5) is 12.0. The first-order valence-electron chi connectivity index (χ1n) is 7.41. The van der Waals surface area contributed by atoms with Crippen LogP contribution in [-0.4, -0.2) is 19.6 Å². The Morgan fingerprint density at radius 2 is 1.87 bits per heavy atom. The van der Waals surface area contributed by atoms with Gasteiger partial charge in [-0.05, 0) is 36.8 Å². The van der Waals surface area contributed by atoms with Gasteiger partial charge in [-0.1, -0.05) is 35.9 Å². The molecule has 0 radical (unpaired) electrons. The fourth-order valence-electron chi connectivity index (χ4n) is 2.11. The third-order valence-electron chi connectivity index (χ3n) is 3.42. The maximum atomic E-state index is 12.0. The Labute approximate surface area is 141 Å². The molecule has 1 N–H and O–H groups in total. The fraction of sp³-hybridized carbons (Fsp3) is 0.278. The standard InChI is InChI=1S/C18H20ClNO3/c1-13(14-7-9-15(22-2)10-8-14)20-18(21)11-12-23-17-6-4-3-5-16(17)19/h3-10,13H,11-12H2,1-2H3,(H,20,21). The minimum atomic E-state index is -0.0753. The molecule has 0 fully saturated rings. The zero-order chi connectivity index (χ0) is 16.7. The first-order chi connectivity index (χ1) is 11.1. The Balaban J connectivity index is 1.78. The van der Waals surface area contributed by atoms with Gasteiger partial charge in [0.15, 0.2) is 0 Å². The van der Waals surface area contributed by atoms with Crippen molar-refractivity contribution in [2.75, 3.05) is 13.7 Å². The van der Waals surface area contributed by atoms with Crippen LogP contribution in [0.25, 0.3) is 0 Å². The number of para-hydroxylation sites is 1. The van der Waals surface area contributed by atoms with Crippen molar-refractivity contribution in [2.24, 2.45) is 0 Å². The van der Waals surface area contributed by atoms with Crippen molar-refractivity contribution in [3.05, 3.63) is 59.1 Å². The second-order valence-electron chi connectivity index (χ2n) is 5.09. The van der Waals surface area contributed by atoms with Crippen LogP contribution in [0, 0.1) is 0 Å². The number of hydrogen-bond donors (Lipinski definition) is 1. The molecule has 122 valence electrons. The summed E-state index contributed by atoms with van der Waals surface area (Å²) in [5, 5.41) is 3.48. The third-order valence-corrected chi connectivity index (χ3v) is 3.73. The molecule has 0 saturated heterocycles. The molecular formula is C18H20ClNO3. The molecule has 0 aliphatic carbocycles. The number of methoxy groups -OCH3 is 1. The van der Waals surface area contributed by atoms with Crippen molar-refractivity contribution in [3.63, 3.8) is 0 Å². The number of ether oxygens (including phenoxy) is 2. The minimum absolute atomic E-state index is 0.0691. The molecular weight excluding hydrogens is 314 g/mol. The van der Waals surface area contributed by atoms with Gasteiger partial charge in [-0.2, -0.15) is 0 Å². The highest BCUT2D eigenvalue weighted by atomic mass is 35.5. The number of amides is 1. The van der Waals surface area contributed by atoms with Crippen LogP contribution in [0.2, 0.25) is 5.02 Å². The van der Waals surface area contributed by atoms with E-state index in [9.17, 15) is 4.79 Å². The van der Waals surface area contributed by atoms with Crippen LogP contribution in [0.3, 0.4) is 0 Å². The third kappa shape index (κ3) is 5.18. The lowest BCUT2D eigenvalue weighted by molar-refractivity contribution is -0.122. The molecule has 0 aliphatic rings. The van der Waals surface area contributed by atoms with Crippen molar-refractivity contribution < 1.29 is 14.3 Å². The Morgan fingerprint density at radius 3 is 2.52 bits per heavy atom. The Hall–Kier alpha value is -2.20. The van der Waals surface area contributed by atoms with E-state index in [1.807, 2.05) is 43.3 Å². The molecule has 2 rings (SSSR count). The molecule has 0 aliphatic heterocycles. The average molecular weight is 334 g/mol. The molecule has 0 spiro atoms. The maximum absolute atomic E-state index is 12.0. The quantitative estimate of drug-likeness (QED) is 0.833. The summed E-state index contributed by atoms with van der Waals surface area (Å²) in [6, 6.07) is 14.7. The van der Waals surface area contributed by atoms with Gasteiger partial charge in [0, 0.05) is 0 Å². The van der Waals surface area contributed by atoms with Gasteiger partial charge >= 0.3 is 0 Å². The Bertz CT molecular complexity index is 643. The predicted molar refractivity (Wildman–Crippen MR) is 91.1 cm³/mol. The summed E-state index contributed by atoms with van der Waals surface area (Å²) in [6.45, 7) is 2.22. The summed E-state index contributed by atoms with van der Waals surface area (Å²) >= 11 is 5.99. The topological polar surface area (TPSA) is 47.6 Å². The summed E-state index contributed by atoms with van der Waals surface area (Å²) in [7, 11) is 1.62. The van der Waals surface area contributed by atoms with Crippen molar-refractivity contribution >= 4 is 17.5 Å². The molecule has 4 nitrogen and oxygen atoms in total. The zero-order valence-corrected chi connectivity index (χ0v) is 14.0. The second kappa shape index (κ2) is 8.44. The van der Waals surface area contributed by atoms with Gasteiger partial charge in [-0.15, -0.1) is 0 Å². The van der Waals surface area contributed by atoms with Crippen LogP contribution < -0.4 is 14.8 Å². The van der Waals surface area contributed by atoms with Gasteiger partial charge in [0.2, 0.25) is 5.91 Å². The van der Waals surface area contributed by atoms with Crippen molar-refractivity contribution in [1.29, 1.82) is 0 Å². The van der Waals surface area contributed by atoms with E-state index in [1.165, 1.54) is 0 Å². The van der Waals surface area contributed by atoms with E-state index >= 15 is 0 Å². The molecule has 2 aromatic rings. The van der Waals surface area contributed by atoms with Gasteiger partial charge in [0.05, 0.1) is 31.2 Å². The summed E-state index contributed by atoms with van der Waals surface area (Å²) in [5.74, 6) is 1.31. The average Bonchev–Trinajstić information content (AvgIpc) is 2.56. The number of rotatable bonds is 7. The number of halogens is 1. The van der Waals surface area contributed by atoms with E-state index in [0.717, 1.165) is 11.3 Å². The monoisotopic (exact) mass is 333 g/mol. The van der Waals surface area contributed by atoms with Crippen LogP contribution in [-0.2, 0) is 4.79 Å². The van der Waals surface area contributed by atoms with Crippen LogP contribution in [0.15, 0.2) is 48.5 Å². The molecule has 0 saturated carbocycles. The number of carbonyl (C=O) groups excluding carboxylic acids is 1. The highest BCUT2D eigenvalue weighted by molar-refractivity contribution is 6.32. The lowest BCUT2D eigenvalue weighted by atomic mass is 10.1. The van der Waals surface area contributed by atoms with E-state index in [0.29, 0.717) is 10.8 Å². The van der Waals surface area contributed by atoms with Crippen molar-refractivity contribution in [1.82, 2.24) is 5.32 Å². The molecule has 1 amide bonds. The van der Waals surface area contributed by atoms with Gasteiger partial charge in [0.1, 0.15) is 11.5 Å². The number of carbonyl (C=O) groups is 1. The number of nitrogens with one attached hydrogen (secondary N) is 1. The van der Waals surface area contributed by atoms with E-state index in [2.05, 4.69) is 5.32 Å². The lowest BCUT2D eigenvalue weighted by Gasteiger charge is -2.15. The van der Waals surface area contributed by atoms with E-state index in [1.54, 1.807) is 19.2 Å². The van der Waals surface area contributed by atoms with E-state index < -0.39 is 0 Å². The Kier molecular flexibility index (Phi) is 6.29. The molecule has 0 aromatic heterocycles. The van der Waals surface area contributed by atoms with Gasteiger partial charge in [0.25, 0.3) is 0 Å². The smallest absolute Gasteiger partial charge is 0.223 e. The van der Waals surface area contributed by atoms with Crippen LogP contribution in [0.4, 0.5) is 0 Å². The number of hydrogen-bond acceptors (Lipinski definition) is 3. The van der Waals surface area contributed by atoms with Crippen LogP contribution in [0.1, 0.15) is 24.9 Å². The van der Waals surface area contributed by atoms with Crippen LogP contribution in [0.5, 0.6) is 11.5 Å². The summed E-state index contributed by atoms with van der Waals surface area (Å²) < 4.78 is 10.6. The summed E-state index contributed by atoms with van der Waals surface area (Å²) in [6.07, 6.45) is 0.270. The van der Waals surface area contributed by atoms with Crippen molar-refractivity contribution in [2.45, 2.75) is 19.4 Å². The van der Waals surface area contributed by atoms with E-state index in [-0.39, 0.29) is 25.0 Å². The first-order valence-corrected chi connectivity index (χ1v) is 7.78.